The molecular weight excluding hydrogens is 203 g/mol. The van der Waals surface area contributed by atoms with Crippen molar-refractivity contribution in [3.8, 4) is 0 Å². The number of carboxylic acid groups (broad SMARTS) is 1. The van der Waals surface area contributed by atoms with Crippen molar-refractivity contribution in [3.63, 3.8) is 0 Å². The minimum absolute atomic E-state index is 0.317. The Morgan fingerprint density at radius 1 is 1.56 bits per heavy atom. The predicted octanol–water partition coefficient (Wildman–Crippen LogP) is 2.23. The molecule has 9 heavy (non-hydrogen) atoms. The van der Waals surface area contributed by atoms with Crippen LogP contribution in [-0.4, -0.2) is 17.2 Å². The van der Waals surface area contributed by atoms with Crippen LogP contribution in [-0.2, 0) is 4.79 Å². The Morgan fingerprint density at radius 2 is 2.22 bits per heavy atom. The molecule has 4 heteroatoms. The van der Waals surface area contributed by atoms with Gasteiger partial charge in [0.25, 0.3) is 0 Å². The molecule has 0 aliphatic carbocycles. The van der Waals surface area contributed by atoms with Gasteiger partial charge in [0.1, 0.15) is 0 Å². The highest BCUT2D eigenvalue weighted by atomic mass is 79.9. The van der Waals surface area contributed by atoms with E-state index in [1.807, 2.05) is 0 Å². The van der Waals surface area contributed by atoms with E-state index in [2.05, 4.69) is 15.5 Å². The molecule has 0 rings (SSSR count). The van der Waals surface area contributed by atoms with Gasteiger partial charge in [-0.1, -0.05) is 22.8 Å². The van der Waals surface area contributed by atoms with Gasteiger partial charge in [0.05, 0.1) is 0 Å². The van der Waals surface area contributed by atoms with E-state index >= 15 is 0 Å². The first kappa shape index (κ1) is 9.38. The van der Waals surface area contributed by atoms with Gasteiger partial charge in [0.2, 0.25) is 0 Å². The number of carboxylic acids is 1. The van der Waals surface area contributed by atoms with Gasteiger partial charge in [0.15, 0.2) is 0 Å². The van der Waals surface area contributed by atoms with Crippen molar-refractivity contribution in [2.75, 3.05) is 6.16 Å². The number of aliphatic carboxylic acids is 1. The summed E-state index contributed by atoms with van der Waals surface area (Å²) in [6.45, 7) is 0. The van der Waals surface area contributed by atoms with Crippen LogP contribution in [0.3, 0.4) is 0 Å². The van der Waals surface area contributed by atoms with Crippen molar-refractivity contribution in [1.82, 2.24) is 0 Å². The summed E-state index contributed by atoms with van der Waals surface area (Å²) in [6, 6.07) is 0. The lowest BCUT2D eigenvalue weighted by Crippen LogP contribution is -1.93. The molecular formula is C5H10BrO2P. The van der Waals surface area contributed by atoms with Gasteiger partial charge in [-0.3, -0.25) is 4.79 Å². The Hall–Kier alpha value is 0.380. The maximum absolute atomic E-state index is 9.95. The molecule has 0 fully saturated rings. The summed E-state index contributed by atoms with van der Waals surface area (Å²) < 4.78 is 0. The van der Waals surface area contributed by atoms with E-state index in [0.29, 0.717) is 6.42 Å². The van der Waals surface area contributed by atoms with Gasteiger partial charge in [-0.05, 0) is 19.0 Å². The van der Waals surface area contributed by atoms with Crippen molar-refractivity contribution >= 4 is 28.7 Å². The maximum Gasteiger partial charge on any atom is 0.303 e. The van der Waals surface area contributed by atoms with Crippen molar-refractivity contribution < 1.29 is 9.90 Å². The minimum atomic E-state index is -0.687. The smallest absolute Gasteiger partial charge is 0.303 e. The molecule has 1 N–H and O–H groups in total. The van der Waals surface area contributed by atoms with E-state index in [9.17, 15) is 4.79 Å². The molecule has 54 valence electrons. The number of hydrogen-bond acceptors (Lipinski definition) is 1. The summed E-state index contributed by atoms with van der Waals surface area (Å²) in [5.41, 5.74) is 0. The minimum Gasteiger partial charge on any atom is -0.481 e. The summed E-state index contributed by atoms with van der Waals surface area (Å²) in [5, 5.41) is 8.20. The van der Waals surface area contributed by atoms with Crippen molar-refractivity contribution in [2.24, 2.45) is 0 Å². The first-order valence-corrected chi connectivity index (χ1v) is 6.29. The lowest BCUT2D eigenvalue weighted by molar-refractivity contribution is -0.137. The highest BCUT2D eigenvalue weighted by Crippen LogP contribution is 2.20. The zero-order valence-corrected chi connectivity index (χ0v) is 7.65. The number of carbonyl (C=O) groups is 1. The Morgan fingerprint density at radius 3 is 2.67 bits per heavy atom. The zero-order valence-electron chi connectivity index (χ0n) is 5.06. The van der Waals surface area contributed by atoms with Gasteiger partial charge in [-0.25, -0.2) is 0 Å². The highest BCUT2D eigenvalue weighted by molar-refractivity contribution is 9.36. The lowest BCUT2D eigenvalue weighted by atomic mass is 10.3. The van der Waals surface area contributed by atoms with E-state index in [1.54, 1.807) is 0 Å². The van der Waals surface area contributed by atoms with Gasteiger partial charge < -0.3 is 5.11 Å². The monoisotopic (exact) mass is 212 g/mol. The maximum atomic E-state index is 9.95. The van der Waals surface area contributed by atoms with Crippen molar-refractivity contribution in [1.29, 1.82) is 0 Å². The molecule has 0 aromatic rings. The first-order valence-electron chi connectivity index (χ1n) is 2.82. The fourth-order valence-electron chi connectivity index (χ4n) is 0.468. The molecule has 2 nitrogen and oxygen atoms in total. The third-order valence-corrected chi connectivity index (χ3v) is 2.64. The van der Waals surface area contributed by atoms with Crippen molar-refractivity contribution in [3.05, 3.63) is 0 Å². The molecule has 0 saturated heterocycles. The highest BCUT2D eigenvalue weighted by Gasteiger charge is 1.94. The molecule has 0 aromatic carbocycles. The molecule has 1 atom stereocenters. The molecule has 0 radical (unpaired) electrons. The summed E-state index contributed by atoms with van der Waals surface area (Å²) in [5.74, 6) is -0.687. The summed E-state index contributed by atoms with van der Waals surface area (Å²) in [6.07, 6.45) is 3.26. The number of unbranched alkanes of at least 4 members (excludes halogenated alkanes) is 1. The molecule has 0 spiro atoms. The van der Waals surface area contributed by atoms with Crippen LogP contribution in [0.1, 0.15) is 19.3 Å². The number of hydrogen-bond donors (Lipinski definition) is 1. The van der Waals surface area contributed by atoms with E-state index in [1.165, 1.54) is 0 Å². The Labute approximate surface area is 64.5 Å². The molecule has 0 saturated carbocycles. The molecule has 1 unspecified atom stereocenters. The fourth-order valence-corrected chi connectivity index (χ4v) is 1.69. The lowest BCUT2D eigenvalue weighted by Gasteiger charge is -1.92. The van der Waals surface area contributed by atoms with Crippen LogP contribution >= 0.6 is 22.8 Å². The predicted molar refractivity (Wildman–Crippen MR) is 43.6 cm³/mol. The zero-order chi connectivity index (χ0) is 7.11. The number of halogens is 1. The molecule has 0 aromatic heterocycles. The second-order valence-corrected chi connectivity index (χ2v) is 4.18. The fraction of sp³-hybridized carbons (Fsp3) is 0.800. The van der Waals surface area contributed by atoms with E-state index < -0.39 is 5.97 Å². The number of rotatable bonds is 5. The SMILES string of the molecule is O=C(O)CCCCPBr. The second-order valence-electron chi connectivity index (χ2n) is 1.73. The van der Waals surface area contributed by atoms with Gasteiger partial charge in [-0.2, -0.15) is 0 Å². The second kappa shape index (κ2) is 6.50. The third kappa shape index (κ3) is 8.38. The van der Waals surface area contributed by atoms with E-state index in [-0.39, 0.29) is 0 Å². The van der Waals surface area contributed by atoms with Gasteiger partial charge in [0, 0.05) is 6.42 Å². The van der Waals surface area contributed by atoms with Crippen LogP contribution in [0.5, 0.6) is 0 Å². The third-order valence-electron chi connectivity index (χ3n) is 0.912. The average molecular weight is 213 g/mol. The van der Waals surface area contributed by atoms with Gasteiger partial charge >= 0.3 is 5.97 Å². The molecule has 0 aliphatic rings. The van der Waals surface area contributed by atoms with Gasteiger partial charge in [-0.15, -0.1) is 0 Å². The summed E-state index contributed by atoms with van der Waals surface area (Å²) in [4.78, 5) is 9.95. The van der Waals surface area contributed by atoms with Crippen LogP contribution in [0.4, 0.5) is 0 Å². The first-order chi connectivity index (χ1) is 4.27. The van der Waals surface area contributed by atoms with Crippen LogP contribution in [0.2, 0.25) is 0 Å². The Kier molecular flexibility index (Phi) is 6.77. The Bertz CT molecular complexity index is 87.0. The average Bonchev–Trinajstić information content (AvgIpc) is 1.80. The van der Waals surface area contributed by atoms with Crippen molar-refractivity contribution in [2.45, 2.75) is 19.3 Å². The van der Waals surface area contributed by atoms with Crippen LogP contribution in [0.15, 0.2) is 0 Å². The van der Waals surface area contributed by atoms with E-state index in [0.717, 1.165) is 26.3 Å². The molecule has 0 heterocycles. The standard InChI is InChI=1S/C5H10BrO2P/c6-9-4-2-1-3-5(7)8/h9H,1-4H2,(H,7,8). The molecule has 0 bridgehead atoms. The molecule has 0 amide bonds. The normalized spacial score (nSPS) is 10.8. The summed E-state index contributed by atoms with van der Waals surface area (Å²) >= 11 is 3.30. The van der Waals surface area contributed by atoms with E-state index in [4.69, 9.17) is 5.11 Å². The van der Waals surface area contributed by atoms with Crippen LogP contribution in [0.25, 0.3) is 0 Å². The molecule has 0 aliphatic heterocycles. The van der Waals surface area contributed by atoms with Crippen LogP contribution < -0.4 is 0 Å². The largest absolute Gasteiger partial charge is 0.481 e. The topological polar surface area (TPSA) is 37.3 Å². The quantitative estimate of drug-likeness (QED) is 0.561. The summed E-state index contributed by atoms with van der Waals surface area (Å²) in [7, 11) is 0.781. The van der Waals surface area contributed by atoms with Crippen LogP contribution in [0, 0.1) is 0 Å². The Balaban J connectivity index is 2.83.